The van der Waals surface area contributed by atoms with Gasteiger partial charge in [-0.3, -0.25) is 0 Å². The third kappa shape index (κ3) is 5.56. The van der Waals surface area contributed by atoms with Crippen molar-refractivity contribution < 1.29 is 4.74 Å². The van der Waals surface area contributed by atoms with E-state index >= 15 is 0 Å². The van der Waals surface area contributed by atoms with Gasteiger partial charge in [0.2, 0.25) is 0 Å². The van der Waals surface area contributed by atoms with Gasteiger partial charge in [0.25, 0.3) is 0 Å². The van der Waals surface area contributed by atoms with Crippen LogP contribution < -0.4 is 10.5 Å². The van der Waals surface area contributed by atoms with Gasteiger partial charge in [-0.05, 0) is 62.8 Å². The van der Waals surface area contributed by atoms with Crippen LogP contribution in [0.5, 0.6) is 5.75 Å². The average molecular weight is 485 g/mol. The summed E-state index contributed by atoms with van der Waals surface area (Å²) in [6.45, 7) is 8.00. The number of nitrogens with two attached hydrogens (primary N) is 1. The highest BCUT2D eigenvalue weighted by Gasteiger charge is 2.40. The first-order valence-electron chi connectivity index (χ1n) is 13.5. The van der Waals surface area contributed by atoms with Crippen LogP contribution in [-0.2, 0) is 0 Å². The molecule has 36 heavy (non-hydrogen) atoms. The summed E-state index contributed by atoms with van der Waals surface area (Å²) in [4.78, 5) is 8.88. The Morgan fingerprint density at radius 2 is 1.72 bits per heavy atom. The molecule has 2 N–H and O–H groups in total. The molecule has 2 unspecified atom stereocenters. The standard InChI is InChI=1S/C25H26N4O.C4H8.C2H6/c26-24-23-21(14-29(25(23)28-15-27-24)18-6-2-1-3-7-18)16-9-11-19(12-10-16)30-22-8-4-5-17-13-20(17)22;1-3-4-2;1-2/h4-5,8-12,14-15,17-18,20H,1-3,6-7,13H2,(H2,26,27,28);3-4H,1-2H3;1-2H3/b;4-3-;. The molecule has 3 aliphatic rings. The van der Waals surface area contributed by atoms with E-state index in [9.17, 15) is 0 Å². The number of rotatable bonds is 4. The molecular formula is C31H40N4O. The number of benzene rings is 1. The lowest BCUT2D eigenvalue weighted by Crippen LogP contribution is -2.12. The van der Waals surface area contributed by atoms with Gasteiger partial charge in [0.1, 0.15) is 29.3 Å². The summed E-state index contributed by atoms with van der Waals surface area (Å²) in [7, 11) is 0. The second-order valence-electron chi connectivity index (χ2n) is 9.45. The third-order valence-electron chi connectivity index (χ3n) is 7.17. The first kappa shape index (κ1) is 25.7. The zero-order chi connectivity index (χ0) is 25.5. The van der Waals surface area contributed by atoms with Crippen molar-refractivity contribution in [3.63, 3.8) is 0 Å². The fraction of sp³-hybridized carbons (Fsp3) is 0.419. The van der Waals surface area contributed by atoms with Gasteiger partial charge in [0, 0.05) is 23.7 Å². The van der Waals surface area contributed by atoms with Crippen LogP contribution in [0.25, 0.3) is 22.2 Å². The van der Waals surface area contributed by atoms with Crippen molar-refractivity contribution in [3.8, 4) is 16.9 Å². The molecule has 0 saturated heterocycles. The molecule has 2 saturated carbocycles. The Labute approximate surface area is 215 Å². The van der Waals surface area contributed by atoms with Crippen LogP contribution in [0.3, 0.4) is 0 Å². The number of nitrogen functional groups attached to an aromatic ring is 1. The highest BCUT2D eigenvalue weighted by atomic mass is 16.5. The summed E-state index contributed by atoms with van der Waals surface area (Å²) in [6.07, 6.45) is 21.8. The van der Waals surface area contributed by atoms with Crippen LogP contribution >= 0.6 is 0 Å². The van der Waals surface area contributed by atoms with Crippen molar-refractivity contribution in [1.29, 1.82) is 0 Å². The minimum absolute atomic E-state index is 0.490. The maximum atomic E-state index is 6.31. The Hall–Kier alpha value is -3.34. The topological polar surface area (TPSA) is 66.0 Å². The number of hydrogen-bond acceptors (Lipinski definition) is 4. The molecule has 2 fully saturated rings. The van der Waals surface area contributed by atoms with Crippen molar-refractivity contribution in [2.24, 2.45) is 11.8 Å². The Morgan fingerprint density at radius 3 is 2.42 bits per heavy atom. The fourth-order valence-electron chi connectivity index (χ4n) is 5.08. The molecule has 5 heteroatoms. The molecule has 5 nitrogen and oxygen atoms in total. The van der Waals surface area contributed by atoms with Crippen LogP contribution in [0.2, 0.25) is 0 Å². The van der Waals surface area contributed by atoms with Gasteiger partial charge in [-0.25, -0.2) is 9.97 Å². The molecule has 0 bridgehead atoms. The number of hydrogen-bond donors (Lipinski definition) is 1. The molecule has 3 aromatic rings. The third-order valence-corrected chi connectivity index (χ3v) is 7.17. The maximum absolute atomic E-state index is 6.31. The summed E-state index contributed by atoms with van der Waals surface area (Å²) < 4.78 is 8.50. The van der Waals surface area contributed by atoms with Crippen LogP contribution in [0.1, 0.15) is 72.3 Å². The molecule has 190 valence electrons. The van der Waals surface area contributed by atoms with E-state index in [1.807, 2.05) is 39.8 Å². The Morgan fingerprint density at radius 1 is 1.00 bits per heavy atom. The number of fused-ring (bicyclic) bond motifs is 2. The van der Waals surface area contributed by atoms with E-state index in [2.05, 4.69) is 63.2 Å². The van der Waals surface area contributed by atoms with Crippen LogP contribution in [-0.4, -0.2) is 14.5 Å². The van der Waals surface area contributed by atoms with Crippen LogP contribution in [0, 0.1) is 11.8 Å². The number of allylic oxidation sites excluding steroid dienone is 6. The number of aromatic nitrogens is 3. The maximum Gasteiger partial charge on any atom is 0.146 e. The molecule has 0 radical (unpaired) electrons. The highest BCUT2D eigenvalue weighted by Crippen LogP contribution is 2.48. The van der Waals surface area contributed by atoms with E-state index in [4.69, 9.17) is 10.5 Å². The SMILES string of the molecule is C/C=C\C.CC.Nc1ncnc2c1c(-c1ccc(OC3=CC=CC4CC34)cc1)cn2C1CCCCC1. The quantitative estimate of drug-likeness (QED) is 0.378. The van der Waals surface area contributed by atoms with Crippen LogP contribution in [0.15, 0.2) is 72.9 Å². The summed E-state index contributed by atoms with van der Waals surface area (Å²) in [5, 5.41) is 0.956. The number of nitrogens with zero attached hydrogens (tertiary/aromatic N) is 3. The zero-order valence-corrected chi connectivity index (χ0v) is 22.2. The Balaban J connectivity index is 0.000000465. The summed E-state index contributed by atoms with van der Waals surface area (Å²) in [5.74, 6) is 3.76. The van der Waals surface area contributed by atoms with Crippen molar-refractivity contribution in [2.45, 2.75) is 72.3 Å². The fourth-order valence-corrected chi connectivity index (χ4v) is 5.08. The van der Waals surface area contributed by atoms with Gasteiger partial charge in [0.15, 0.2) is 0 Å². The molecule has 0 amide bonds. The van der Waals surface area contributed by atoms with E-state index in [0.29, 0.717) is 23.7 Å². The molecule has 0 spiro atoms. The van der Waals surface area contributed by atoms with Crippen molar-refractivity contribution >= 4 is 16.9 Å². The van der Waals surface area contributed by atoms with E-state index in [1.165, 1.54) is 38.5 Å². The first-order valence-corrected chi connectivity index (χ1v) is 13.5. The lowest BCUT2D eigenvalue weighted by atomic mass is 9.95. The summed E-state index contributed by atoms with van der Waals surface area (Å²) in [6, 6.07) is 8.83. The minimum atomic E-state index is 0.490. The summed E-state index contributed by atoms with van der Waals surface area (Å²) >= 11 is 0. The predicted octanol–water partition coefficient (Wildman–Crippen LogP) is 8.26. The molecule has 6 rings (SSSR count). The predicted molar refractivity (Wildman–Crippen MR) is 151 cm³/mol. The molecular weight excluding hydrogens is 444 g/mol. The second-order valence-corrected chi connectivity index (χ2v) is 9.45. The average Bonchev–Trinajstić information content (AvgIpc) is 3.64. The highest BCUT2D eigenvalue weighted by molar-refractivity contribution is 6.00. The molecule has 1 aromatic carbocycles. The molecule has 2 heterocycles. The van der Waals surface area contributed by atoms with Gasteiger partial charge in [-0.1, -0.05) is 69.5 Å². The van der Waals surface area contributed by atoms with Gasteiger partial charge in [-0.2, -0.15) is 0 Å². The lowest BCUT2D eigenvalue weighted by Gasteiger charge is -2.23. The zero-order valence-electron chi connectivity index (χ0n) is 22.2. The van der Waals surface area contributed by atoms with Crippen molar-refractivity contribution in [2.75, 3.05) is 5.73 Å². The van der Waals surface area contributed by atoms with Gasteiger partial charge in [0.05, 0.1) is 5.39 Å². The Bertz CT molecular complexity index is 1230. The molecule has 3 aliphatic carbocycles. The minimum Gasteiger partial charge on any atom is -0.461 e. The summed E-state index contributed by atoms with van der Waals surface area (Å²) in [5.41, 5.74) is 9.47. The van der Waals surface area contributed by atoms with Gasteiger partial charge < -0.3 is 15.0 Å². The van der Waals surface area contributed by atoms with Crippen LogP contribution in [0.4, 0.5) is 5.82 Å². The Kier molecular flexibility index (Phi) is 8.63. The largest absolute Gasteiger partial charge is 0.461 e. The monoisotopic (exact) mass is 484 g/mol. The van der Waals surface area contributed by atoms with E-state index in [0.717, 1.165) is 33.7 Å². The van der Waals surface area contributed by atoms with E-state index in [-0.39, 0.29) is 0 Å². The first-order chi connectivity index (χ1) is 17.7. The van der Waals surface area contributed by atoms with Gasteiger partial charge >= 0.3 is 0 Å². The molecule has 0 aliphatic heterocycles. The van der Waals surface area contributed by atoms with Crippen molar-refractivity contribution in [1.82, 2.24) is 14.5 Å². The number of ether oxygens (including phenoxy) is 1. The number of anilines is 1. The second kappa shape index (κ2) is 12.1. The molecule has 2 aromatic heterocycles. The smallest absolute Gasteiger partial charge is 0.146 e. The van der Waals surface area contributed by atoms with Gasteiger partial charge in [-0.15, -0.1) is 0 Å². The van der Waals surface area contributed by atoms with Crippen molar-refractivity contribution in [3.05, 3.63) is 72.9 Å². The lowest BCUT2D eigenvalue weighted by molar-refractivity contribution is 0.360. The normalized spacial score (nSPS) is 20.6. The van der Waals surface area contributed by atoms with E-state index < -0.39 is 0 Å². The molecule has 2 atom stereocenters. The van der Waals surface area contributed by atoms with E-state index in [1.54, 1.807) is 6.33 Å².